The summed E-state index contributed by atoms with van der Waals surface area (Å²) in [4.78, 5) is 18.1. The van der Waals surface area contributed by atoms with E-state index in [2.05, 4.69) is 4.98 Å². The molecule has 0 unspecified atom stereocenters. The average Bonchev–Trinajstić information content (AvgIpc) is 2.52. The molecular formula is C15H22N2O3. The first-order valence-corrected chi connectivity index (χ1v) is 7.11. The molecule has 110 valence electrons. The molecule has 1 aliphatic heterocycles. The highest BCUT2D eigenvalue weighted by atomic mass is 16.5. The smallest absolute Gasteiger partial charge is 0.255 e. The van der Waals surface area contributed by atoms with Crippen LogP contribution in [0.4, 0.5) is 0 Å². The van der Waals surface area contributed by atoms with E-state index in [1.165, 1.54) is 0 Å². The van der Waals surface area contributed by atoms with Crippen molar-refractivity contribution >= 4 is 5.91 Å². The lowest BCUT2D eigenvalue weighted by atomic mass is 10.1. The lowest BCUT2D eigenvalue weighted by Gasteiger charge is -2.32. The Morgan fingerprint density at radius 2 is 2.20 bits per heavy atom. The molecule has 0 aliphatic carbocycles. The molecule has 0 radical (unpaired) electrons. The van der Waals surface area contributed by atoms with E-state index < -0.39 is 0 Å². The number of carbonyl (C=O) groups excluding carboxylic acids is 1. The van der Waals surface area contributed by atoms with Crippen LogP contribution in [0.15, 0.2) is 24.5 Å². The minimum Gasteiger partial charge on any atom is -0.385 e. The molecular weight excluding hydrogens is 256 g/mol. The molecule has 1 saturated heterocycles. The molecule has 1 amide bonds. The second kappa shape index (κ2) is 7.97. The van der Waals surface area contributed by atoms with Crippen molar-refractivity contribution in [2.45, 2.75) is 25.4 Å². The fourth-order valence-electron chi connectivity index (χ4n) is 2.35. The van der Waals surface area contributed by atoms with Gasteiger partial charge in [-0.15, -0.1) is 0 Å². The van der Waals surface area contributed by atoms with Crippen LogP contribution in [-0.4, -0.2) is 55.3 Å². The molecule has 2 rings (SSSR count). The van der Waals surface area contributed by atoms with E-state index in [0.717, 1.165) is 45.6 Å². The summed E-state index contributed by atoms with van der Waals surface area (Å²) in [6.07, 6.45) is 6.29. The number of aromatic nitrogens is 1. The quantitative estimate of drug-likeness (QED) is 0.744. The van der Waals surface area contributed by atoms with Gasteiger partial charge in [-0.25, -0.2) is 0 Å². The number of rotatable bonds is 6. The molecule has 1 aromatic heterocycles. The van der Waals surface area contributed by atoms with Gasteiger partial charge in [0.05, 0.1) is 11.7 Å². The highest BCUT2D eigenvalue weighted by Gasteiger charge is 2.23. The minimum absolute atomic E-state index is 0.0657. The maximum atomic E-state index is 12.2. The van der Waals surface area contributed by atoms with Crippen molar-refractivity contribution in [2.75, 3.05) is 33.4 Å². The lowest BCUT2D eigenvalue weighted by molar-refractivity contribution is 0.00188. The topological polar surface area (TPSA) is 51.7 Å². The molecule has 0 spiro atoms. The van der Waals surface area contributed by atoms with E-state index in [0.29, 0.717) is 5.56 Å². The van der Waals surface area contributed by atoms with Gasteiger partial charge in [-0.3, -0.25) is 9.78 Å². The number of hydrogen-bond donors (Lipinski definition) is 0. The van der Waals surface area contributed by atoms with E-state index >= 15 is 0 Å². The molecule has 0 bridgehead atoms. The van der Waals surface area contributed by atoms with Crippen molar-refractivity contribution < 1.29 is 14.3 Å². The lowest BCUT2D eigenvalue weighted by Crippen LogP contribution is -2.41. The summed E-state index contributed by atoms with van der Waals surface area (Å²) < 4.78 is 10.8. The summed E-state index contributed by atoms with van der Waals surface area (Å²) in [5, 5.41) is 0. The standard InChI is InChI=1S/C15H22N2O3/c1-19-10-3-11-20-14-5-8-17(9-6-14)15(18)13-4-2-7-16-12-13/h2,4,7,12,14H,3,5-6,8-11H2,1H3. The van der Waals surface area contributed by atoms with Crippen LogP contribution in [-0.2, 0) is 9.47 Å². The molecule has 5 heteroatoms. The third-order valence-electron chi connectivity index (χ3n) is 3.48. The Kier molecular flexibility index (Phi) is 5.95. The number of carbonyl (C=O) groups is 1. The Bertz CT molecular complexity index is 403. The van der Waals surface area contributed by atoms with Crippen molar-refractivity contribution in [3.8, 4) is 0 Å². The number of methoxy groups -OCH3 is 1. The van der Waals surface area contributed by atoms with Gasteiger partial charge in [-0.05, 0) is 31.4 Å². The molecule has 0 atom stereocenters. The summed E-state index contributed by atoms with van der Waals surface area (Å²) in [6, 6.07) is 3.60. The highest BCUT2D eigenvalue weighted by molar-refractivity contribution is 5.93. The number of likely N-dealkylation sites (tertiary alicyclic amines) is 1. The Balaban J connectivity index is 1.73. The Morgan fingerprint density at radius 3 is 2.85 bits per heavy atom. The fraction of sp³-hybridized carbons (Fsp3) is 0.600. The molecule has 2 heterocycles. The van der Waals surface area contributed by atoms with Gasteiger partial charge >= 0.3 is 0 Å². The first-order valence-electron chi connectivity index (χ1n) is 7.11. The summed E-state index contributed by atoms with van der Waals surface area (Å²) in [6.45, 7) is 2.97. The average molecular weight is 278 g/mol. The van der Waals surface area contributed by atoms with Crippen molar-refractivity contribution in [3.05, 3.63) is 30.1 Å². The molecule has 5 nitrogen and oxygen atoms in total. The van der Waals surface area contributed by atoms with Gasteiger partial charge in [0.2, 0.25) is 0 Å². The summed E-state index contributed by atoms with van der Waals surface area (Å²) in [5.41, 5.74) is 0.659. The maximum Gasteiger partial charge on any atom is 0.255 e. The number of nitrogens with zero attached hydrogens (tertiary/aromatic N) is 2. The molecule has 0 N–H and O–H groups in total. The normalized spacial score (nSPS) is 16.4. The van der Waals surface area contributed by atoms with Gasteiger partial charge in [-0.1, -0.05) is 0 Å². The summed E-state index contributed by atoms with van der Waals surface area (Å²) in [5.74, 6) is 0.0657. The number of amides is 1. The van der Waals surface area contributed by atoms with Gasteiger partial charge in [0.15, 0.2) is 0 Å². The van der Waals surface area contributed by atoms with Crippen LogP contribution in [0, 0.1) is 0 Å². The van der Waals surface area contributed by atoms with Crippen molar-refractivity contribution in [1.29, 1.82) is 0 Å². The van der Waals surface area contributed by atoms with Gasteiger partial charge in [-0.2, -0.15) is 0 Å². The van der Waals surface area contributed by atoms with Gasteiger partial charge in [0.1, 0.15) is 0 Å². The van der Waals surface area contributed by atoms with E-state index in [9.17, 15) is 4.79 Å². The summed E-state index contributed by atoms with van der Waals surface area (Å²) >= 11 is 0. The molecule has 1 aliphatic rings. The zero-order chi connectivity index (χ0) is 14.2. The molecule has 0 aromatic carbocycles. The van der Waals surface area contributed by atoms with Crippen LogP contribution >= 0.6 is 0 Å². The largest absolute Gasteiger partial charge is 0.385 e. The van der Waals surface area contributed by atoms with Crippen LogP contribution in [0.25, 0.3) is 0 Å². The second-order valence-electron chi connectivity index (χ2n) is 4.95. The van der Waals surface area contributed by atoms with Crippen molar-refractivity contribution in [1.82, 2.24) is 9.88 Å². The maximum absolute atomic E-state index is 12.2. The first kappa shape index (κ1) is 14.9. The zero-order valence-corrected chi connectivity index (χ0v) is 12.0. The van der Waals surface area contributed by atoms with Crippen LogP contribution in [0.5, 0.6) is 0 Å². The van der Waals surface area contributed by atoms with Crippen LogP contribution in [0.3, 0.4) is 0 Å². The van der Waals surface area contributed by atoms with E-state index in [4.69, 9.17) is 9.47 Å². The number of hydrogen-bond acceptors (Lipinski definition) is 4. The SMILES string of the molecule is COCCCOC1CCN(C(=O)c2cccnc2)CC1. The number of piperidine rings is 1. The van der Waals surface area contributed by atoms with E-state index in [-0.39, 0.29) is 12.0 Å². The van der Waals surface area contributed by atoms with Crippen LogP contribution < -0.4 is 0 Å². The molecule has 20 heavy (non-hydrogen) atoms. The van der Waals surface area contributed by atoms with Crippen LogP contribution in [0.1, 0.15) is 29.6 Å². The monoisotopic (exact) mass is 278 g/mol. The summed E-state index contributed by atoms with van der Waals surface area (Å²) in [7, 11) is 1.70. The predicted molar refractivity (Wildman–Crippen MR) is 75.6 cm³/mol. The first-order chi connectivity index (χ1) is 9.81. The number of pyridine rings is 1. The van der Waals surface area contributed by atoms with Gasteiger partial charge in [0, 0.05) is 45.8 Å². The van der Waals surface area contributed by atoms with Gasteiger partial charge < -0.3 is 14.4 Å². The third-order valence-corrected chi connectivity index (χ3v) is 3.48. The van der Waals surface area contributed by atoms with E-state index in [1.54, 1.807) is 25.6 Å². The van der Waals surface area contributed by atoms with E-state index in [1.807, 2.05) is 11.0 Å². The molecule has 1 fully saturated rings. The third kappa shape index (κ3) is 4.28. The van der Waals surface area contributed by atoms with Crippen LogP contribution in [0.2, 0.25) is 0 Å². The van der Waals surface area contributed by atoms with Gasteiger partial charge in [0.25, 0.3) is 5.91 Å². The number of ether oxygens (including phenoxy) is 2. The van der Waals surface area contributed by atoms with Crippen molar-refractivity contribution in [3.63, 3.8) is 0 Å². The predicted octanol–water partition coefficient (Wildman–Crippen LogP) is 1.74. The highest BCUT2D eigenvalue weighted by Crippen LogP contribution is 2.16. The Hall–Kier alpha value is -1.46. The second-order valence-corrected chi connectivity index (χ2v) is 4.95. The van der Waals surface area contributed by atoms with Crippen molar-refractivity contribution in [2.24, 2.45) is 0 Å². The Labute approximate surface area is 119 Å². The minimum atomic E-state index is 0.0657. The molecule has 1 aromatic rings. The fourth-order valence-corrected chi connectivity index (χ4v) is 2.35. The Morgan fingerprint density at radius 1 is 1.40 bits per heavy atom. The zero-order valence-electron chi connectivity index (χ0n) is 12.0. The molecule has 0 saturated carbocycles.